The summed E-state index contributed by atoms with van der Waals surface area (Å²) in [5, 5.41) is 11.2. The maximum atomic E-state index is 12.0. The summed E-state index contributed by atoms with van der Waals surface area (Å²) in [6.45, 7) is 5.27. The average molecular weight is 384 g/mol. The fourth-order valence-corrected chi connectivity index (χ4v) is 2.92. The van der Waals surface area contributed by atoms with Gasteiger partial charge in [0.25, 0.3) is 0 Å². The standard InChI is InChI=1S/C16H22BrN3O3/c1-12(13-2-4-14(17)5-3-13)19-8-10-20(11-9-19)16(23)18-7-6-15(21)22/h2-5,12H,6-11H2,1H3,(H,18,23)(H,21,22). The van der Waals surface area contributed by atoms with E-state index in [1.54, 1.807) is 4.90 Å². The first-order chi connectivity index (χ1) is 11.0. The van der Waals surface area contributed by atoms with Crippen LogP contribution < -0.4 is 5.32 Å². The van der Waals surface area contributed by atoms with Crippen molar-refractivity contribution in [2.24, 2.45) is 0 Å². The summed E-state index contributed by atoms with van der Waals surface area (Å²) in [4.78, 5) is 26.5. The second-order valence-electron chi connectivity index (χ2n) is 5.63. The first kappa shape index (κ1) is 17.7. The Kier molecular flexibility index (Phi) is 6.41. The lowest BCUT2D eigenvalue weighted by atomic mass is 10.1. The average Bonchev–Trinajstić information content (AvgIpc) is 2.54. The molecule has 0 bridgehead atoms. The van der Waals surface area contributed by atoms with Gasteiger partial charge in [0.05, 0.1) is 6.42 Å². The molecule has 1 aromatic rings. The molecule has 1 unspecified atom stereocenters. The fourth-order valence-electron chi connectivity index (χ4n) is 2.65. The smallest absolute Gasteiger partial charge is 0.317 e. The van der Waals surface area contributed by atoms with Gasteiger partial charge in [-0.1, -0.05) is 28.1 Å². The molecule has 1 aromatic carbocycles. The number of carbonyl (C=O) groups is 2. The molecule has 1 aliphatic rings. The Labute approximate surface area is 144 Å². The lowest BCUT2D eigenvalue weighted by molar-refractivity contribution is -0.136. The number of nitrogens with one attached hydrogen (secondary N) is 1. The van der Waals surface area contributed by atoms with Crippen LogP contribution in [-0.2, 0) is 4.79 Å². The minimum Gasteiger partial charge on any atom is -0.481 e. The highest BCUT2D eigenvalue weighted by Gasteiger charge is 2.24. The Bertz CT molecular complexity index is 542. The van der Waals surface area contributed by atoms with Crippen LogP contribution in [0.5, 0.6) is 0 Å². The number of piperazine rings is 1. The summed E-state index contributed by atoms with van der Waals surface area (Å²) in [5.41, 5.74) is 1.26. The number of carbonyl (C=O) groups excluding carboxylic acids is 1. The summed E-state index contributed by atoms with van der Waals surface area (Å²) in [5.74, 6) is -0.904. The molecule has 0 aromatic heterocycles. The van der Waals surface area contributed by atoms with Crippen molar-refractivity contribution in [3.63, 3.8) is 0 Å². The molecule has 1 fully saturated rings. The van der Waals surface area contributed by atoms with E-state index in [1.165, 1.54) is 5.56 Å². The molecule has 2 rings (SSSR count). The summed E-state index contributed by atoms with van der Waals surface area (Å²) >= 11 is 3.44. The van der Waals surface area contributed by atoms with Crippen LogP contribution in [0.4, 0.5) is 4.79 Å². The zero-order chi connectivity index (χ0) is 16.8. The Balaban J connectivity index is 1.80. The third kappa shape index (κ3) is 5.21. The van der Waals surface area contributed by atoms with Crippen molar-refractivity contribution in [2.45, 2.75) is 19.4 Å². The topological polar surface area (TPSA) is 72.9 Å². The van der Waals surface area contributed by atoms with Gasteiger partial charge >= 0.3 is 12.0 Å². The third-order valence-electron chi connectivity index (χ3n) is 4.12. The van der Waals surface area contributed by atoms with Gasteiger partial charge < -0.3 is 15.3 Å². The number of rotatable bonds is 5. The van der Waals surface area contributed by atoms with Crippen molar-refractivity contribution in [1.29, 1.82) is 0 Å². The van der Waals surface area contributed by atoms with E-state index in [1.807, 2.05) is 12.1 Å². The van der Waals surface area contributed by atoms with Crippen LogP contribution in [0.2, 0.25) is 0 Å². The van der Waals surface area contributed by atoms with E-state index in [0.29, 0.717) is 19.1 Å². The summed E-state index contributed by atoms with van der Waals surface area (Å²) in [6, 6.07) is 8.43. The molecule has 0 spiro atoms. The first-order valence-electron chi connectivity index (χ1n) is 7.71. The van der Waals surface area contributed by atoms with Gasteiger partial charge in [-0.25, -0.2) is 4.79 Å². The van der Waals surface area contributed by atoms with E-state index >= 15 is 0 Å². The highest BCUT2D eigenvalue weighted by Crippen LogP contribution is 2.23. The van der Waals surface area contributed by atoms with Crippen LogP contribution in [0, 0.1) is 0 Å². The molecule has 0 aliphatic carbocycles. The quantitative estimate of drug-likeness (QED) is 0.817. The number of aliphatic carboxylic acids is 1. The lowest BCUT2D eigenvalue weighted by Gasteiger charge is -2.38. The van der Waals surface area contributed by atoms with Crippen LogP contribution in [0.1, 0.15) is 24.9 Å². The highest BCUT2D eigenvalue weighted by molar-refractivity contribution is 9.10. The van der Waals surface area contributed by atoms with Crippen molar-refractivity contribution in [3.05, 3.63) is 34.3 Å². The van der Waals surface area contributed by atoms with Crippen LogP contribution in [0.3, 0.4) is 0 Å². The van der Waals surface area contributed by atoms with Crippen molar-refractivity contribution in [3.8, 4) is 0 Å². The summed E-state index contributed by atoms with van der Waals surface area (Å²) < 4.78 is 1.07. The Hall–Kier alpha value is -1.60. The van der Waals surface area contributed by atoms with E-state index in [4.69, 9.17) is 5.11 Å². The zero-order valence-electron chi connectivity index (χ0n) is 13.2. The molecule has 0 radical (unpaired) electrons. The number of carboxylic acids is 1. The van der Waals surface area contributed by atoms with E-state index < -0.39 is 5.97 Å². The molecular formula is C16H22BrN3O3. The molecule has 1 atom stereocenters. The highest BCUT2D eigenvalue weighted by atomic mass is 79.9. The lowest BCUT2D eigenvalue weighted by Crippen LogP contribution is -2.52. The van der Waals surface area contributed by atoms with Gasteiger partial charge in [-0.2, -0.15) is 0 Å². The van der Waals surface area contributed by atoms with Gasteiger partial charge in [0.1, 0.15) is 0 Å². The van der Waals surface area contributed by atoms with Crippen LogP contribution >= 0.6 is 15.9 Å². The second-order valence-corrected chi connectivity index (χ2v) is 6.54. The van der Waals surface area contributed by atoms with Gasteiger partial charge in [-0.15, -0.1) is 0 Å². The number of halogens is 1. The van der Waals surface area contributed by atoms with Crippen LogP contribution in [-0.4, -0.2) is 59.6 Å². The number of benzene rings is 1. The van der Waals surface area contributed by atoms with E-state index in [9.17, 15) is 9.59 Å². The predicted molar refractivity (Wildman–Crippen MR) is 91.4 cm³/mol. The SMILES string of the molecule is CC(c1ccc(Br)cc1)N1CCN(C(=O)NCCC(=O)O)CC1. The summed E-state index contributed by atoms with van der Waals surface area (Å²) in [7, 11) is 0. The molecule has 2 amide bonds. The molecule has 1 saturated heterocycles. The number of amides is 2. The maximum Gasteiger partial charge on any atom is 0.317 e. The number of urea groups is 1. The summed E-state index contributed by atoms with van der Waals surface area (Å²) in [6.07, 6.45) is -0.0493. The van der Waals surface area contributed by atoms with Crippen molar-refractivity contribution in [1.82, 2.24) is 15.1 Å². The minimum absolute atomic E-state index is 0.0493. The number of hydrogen-bond donors (Lipinski definition) is 2. The van der Waals surface area contributed by atoms with Gasteiger partial charge in [-0.05, 0) is 24.6 Å². The molecule has 6 nitrogen and oxygen atoms in total. The number of nitrogens with zero attached hydrogens (tertiary/aromatic N) is 2. The van der Waals surface area contributed by atoms with Crippen LogP contribution in [0.25, 0.3) is 0 Å². The van der Waals surface area contributed by atoms with Gasteiger partial charge in [0, 0.05) is 43.2 Å². The van der Waals surface area contributed by atoms with Crippen molar-refractivity contribution in [2.75, 3.05) is 32.7 Å². The normalized spacial score (nSPS) is 16.9. The van der Waals surface area contributed by atoms with E-state index in [2.05, 4.69) is 45.2 Å². The van der Waals surface area contributed by atoms with E-state index in [-0.39, 0.29) is 19.0 Å². The Morgan fingerprint density at radius 3 is 2.39 bits per heavy atom. The molecule has 23 heavy (non-hydrogen) atoms. The fraction of sp³-hybridized carbons (Fsp3) is 0.500. The Morgan fingerprint density at radius 1 is 1.22 bits per heavy atom. The molecule has 1 aliphatic heterocycles. The zero-order valence-corrected chi connectivity index (χ0v) is 14.8. The largest absolute Gasteiger partial charge is 0.481 e. The van der Waals surface area contributed by atoms with Crippen molar-refractivity contribution < 1.29 is 14.7 Å². The van der Waals surface area contributed by atoms with Gasteiger partial charge in [0.15, 0.2) is 0 Å². The predicted octanol–water partition coefficient (Wildman–Crippen LogP) is 2.31. The maximum absolute atomic E-state index is 12.0. The molecule has 7 heteroatoms. The van der Waals surface area contributed by atoms with Gasteiger partial charge in [0.2, 0.25) is 0 Å². The minimum atomic E-state index is -0.904. The van der Waals surface area contributed by atoms with E-state index in [0.717, 1.165) is 17.6 Å². The van der Waals surface area contributed by atoms with Crippen molar-refractivity contribution >= 4 is 27.9 Å². The Morgan fingerprint density at radius 2 is 1.83 bits per heavy atom. The third-order valence-corrected chi connectivity index (χ3v) is 4.65. The number of hydrogen-bond acceptors (Lipinski definition) is 3. The molecule has 126 valence electrons. The van der Waals surface area contributed by atoms with Gasteiger partial charge in [-0.3, -0.25) is 9.69 Å². The monoisotopic (exact) mass is 383 g/mol. The molecule has 2 N–H and O–H groups in total. The molecule has 0 saturated carbocycles. The number of carboxylic acid groups (broad SMARTS) is 1. The van der Waals surface area contributed by atoms with Crippen LogP contribution in [0.15, 0.2) is 28.7 Å². The first-order valence-corrected chi connectivity index (χ1v) is 8.51. The second kappa shape index (κ2) is 8.31. The molecular weight excluding hydrogens is 362 g/mol. The molecule has 1 heterocycles.